The van der Waals surface area contributed by atoms with Crippen molar-refractivity contribution in [2.24, 2.45) is 5.41 Å². The lowest BCUT2D eigenvalue weighted by Crippen LogP contribution is -2.27. The molecule has 0 saturated carbocycles. The van der Waals surface area contributed by atoms with Crippen LogP contribution in [0.3, 0.4) is 0 Å². The molecule has 2 atom stereocenters. The van der Waals surface area contributed by atoms with Gasteiger partial charge in [-0.2, -0.15) is 0 Å². The highest BCUT2D eigenvalue weighted by atomic mass is 16.3. The average molecular weight is 263 g/mol. The van der Waals surface area contributed by atoms with Gasteiger partial charge in [-0.05, 0) is 37.7 Å². The van der Waals surface area contributed by atoms with E-state index in [0.717, 1.165) is 12.8 Å². The predicted molar refractivity (Wildman–Crippen MR) is 80.3 cm³/mol. The number of hydrogen-bond donors (Lipinski definition) is 1. The third-order valence-electron chi connectivity index (χ3n) is 4.51. The smallest absolute Gasteiger partial charge is 0.0812 e. The van der Waals surface area contributed by atoms with Gasteiger partial charge in [0.25, 0.3) is 0 Å². The molecular formula is C17H29NO. The fourth-order valence-electron chi connectivity index (χ4n) is 3.39. The Morgan fingerprint density at radius 1 is 1.42 bits per heavy atom. The highest BCUT2D eigenvalue weighted by Crippen LogP contribution is 2.42. The van der Waals surface area contributed by atoms with Crippen LogP contribution in [0, 0.1) is 5.41 Å². The number of nitrogens with zero attached hydrogens (tertiary/aromatic N) is 1. The molecule has 2 heteroatoms. The fraction of sp³-hybridized carbons (Fsp3) is 0.765. The number of hydrogen-bond acceptors (Lipinski definition) is 1. The number of aliphatic hydroxyl groups is 1. The minimum absolute atomic E-state index is 0.214. The molecule has 2 nitrogen and oxygen atoms in total. The van der Waals surface area contributed by atoms with E-state index in [1.165, 1.54) is 36.9 Å². The Bertz CT molecular complexity index is 419. The molecule has 0 aromatic carbocycles. The normalized spacial score (nSPS) is 23.1. The molecule has 1 aliphatic carbocycles. The molecule has 0 saturated heterocycles. The summed E-state index contributed by atoms with van der Waals surface area (Å²) >= 11 is 0. The third kappa shape index (κ3) is 3.22. The molecule has 1 aromatic heterocycles. The summed E-state index contributed by atoms with van der Waals surface area (Å²) in [5.41, 5.74) is 2.75. The Hall–Kier alpha value is -0.760. The van der Waals surface area contributed by atoms with E-state index in [1.54, 1.807) is 0 Å². The fourth-order valence-corrected chi connectivity index (χ4v) is 3.39. The zero-order valence-corrected chi connectivity index (χ0v) is 12.9. The molecule has 0 aliphatic heterocycles. The molecular weight excluding hydrogens is 234 g/mol. The first-order chi connectivity index (χ1) is 8.94. The first kappa shape index (κ1) is 14.6. The van der Waals surface area contributed by atoms with Crippen LogP contribution in [0.25, 0.3) is 0 Å². The maximum Gasteiger partial charge on any atom is 0.0812 e. The molecule has 19 heavy (non-hydrogen) atoms. The molecule has 0 fully saturated rings. The van der Waals surface area contributed by atoms with Crippen LogP contribution in [0.2, 0.25) is 0 Å². The predicted octanol–water partition coefficient (Wildman–Crippen LogP) is 4.64. The number of aliphatic hydroxyl groups excluding tert-OH is 1. The second-order valence-electron chi connectivity index (χ2n) is 7.03. The van der Waals surface area contributed by atoms with Crippen molar-refractivity contribution in [1.29, 1.82) is 0 Å². The zero-order valence-electron chi connectivity index (χ0n) is 12.9. The Labute approximate surface area is 117 Å². The number of rotatable bonds is 5. The lowest BCUT2D eigenvalue weighted by atomic mass is 9.75. The van der Waals surface area contributed by atoms with Crippen LogP contribution in [0.4, 0.5) is 0 Å². The minimum Gasteiger partial charge on any atom is -0.388 e. The van der Waals surface area contributed by atoms with Gasteiger partial charge in [0.2, 0.25) is 0 Å². The van der Waals surface area contributed by atoms with E-state index >= 15 is 0 Å². The van der Waals surface area contributed by atoms with Crippen LogP contribution in [0.5, 0.6) is 0 Å². The van der Waals surface area contributed by atoms with Crippen LogP contribution in [0.15, 0.2) is 12.3 Å². The summed E-state index contributed by atoms with van der Waals surface area (Å²) in [7, 11) is 0. The Morgan fingerprint density at radius 2 is 2.16 bits per heavy atom. The molecule has 1 heterocycles. The van der Waals surface area contributed by atoms with Crippen LogP contribution in [-0.2, 0) is 6.42 Å². The lowest BCUT2D eigenvalue weighted by Gasteiger charge is -2.34. The molecule has 1 aromatic rings. The highest BCUT2D eigenvalue weighted by Gasteiger charge is 2.33. The second kappa shape index (κ2) is 5.70. The van der Waals surface area contributed by atoms with Crippen LogP contribution in [-0.4, -0.2) is 9.67 Å². The molecule has 1 N–H and O–H groups in total. The summed E-state index contributed by atoms with van der Waals surface area (Å²) in [6.07, 6.45) is 9.03. The topological polar surface area (TPSA) is 25.2 Å². The standard InChI is InChI=1S/C17H29NO/c1-5-6-7-8-13(2)18-10-9-14-15(18)11-17(3,4)12-16(14)19/h9-10,13,16,19H,5-8,11-12H2,1-4H3. The van der Waals surface area contributed by atoms with Gasteiger partial charge in [-0.25, -0.2) is 0 Å². The second-order valence-corrected chi connectivity index (χ2v) is 7.03. The van der Waals surface area contributed by atoms with Gasteiger partial charge >= 0.3 is 0 Å². The van der Waals surface area contributed by atoms with E-state index in [4.69, 9.17) is 0 Å². The van der Waals surface area contributed by atoms with Crippen molar-refractivity contribution in [3.05, 3.63) is 23.5 Å². The number of unbranched alkanes of at least 4 members (excludes halogenated alkanes) is 2. The highest BCUT2D eigenvalue weighted by molar-refractivity contribution is 5.29. The molecule has 1 aliphatic rings. The SMILES string of the molecule is CCCCCC(C)n1ccc2c1CC(C)(C)CC2O. The van der Waals surface area contributed by atoms with Gasteiger partial charge in [0, 0.05) is 23.5 Å². The molecule has 0 bridgehead atoms. The summed E-state index contributed by atoms with van der Waals surface area (Å²) in [4.78, 5) is 0. The minimum atomic E-state index is -0.275. The van der Waals surface area contributed by atoms with Crippen molar-refractivity contribution in [1.82, 2.24) is 4.57 Å². The third-order valence-corrected chi connectivity index (χ3v) is 4.51. The summed E-state index contributed by atoms with van der Waals surface area (Å²) in [6, 6.07) is 2.68. The maximum absolute atomic E-state index is 10.3. The quantitative estimate of drug-likeness (QED) is 0.769. The van der Waals surface area contributed by atoms with E-state index in [1.807, 2.05) is 0 Å². The van der Waals surface area contributed by atoms with Gasteiger partial charge in [0.1, 0.15) is 0 Å². The monoisotopic (exact) mass is 263 g/mol. The van der Waals surface area contributed by atoms with E-state index in [9.17, 15) is 5.11 Å². The molecule has 2 unspecified atom stereocenters. The molecule has 108 valence electrons. The lowest BCUT2D eigenvalue weighted by molar-refractivity contribution is 0.0974. The summed E-state index contributed by atoms with van der Waals surface area (Å²) < 4.78 is 2.41. The van der Waals surface area contributed by atoms with Crippen LogP contribution >= 0.6 is 0 Å². The van der Waals surface area contributed by atoms with Crippen molar-refractivity contribution in [2.75, 3.05) is 0 Å². The van der Waals surface area contributed by atoms with Crippen molar-refractivity contribution >= 4 is 0 Å². The number of aromatic nitrogens is 1. The molecule has 2 rings (SSSR count). The van der Waals surface area contributed by atoms with E-state index in [2.05, 4.69) is 44.5 Å². The van der Waals surface area contributed by atoms with Gasteiger partial charge < -0.3 is 9.67 Å². The Balaban J connectivity index is 2.15. The van der Waals surface area contributed by atoms with Crippen molar-refractivity contribution < 1.29 is 5.11 Å². The Kier molecular flexibility index (Phi) is 4.39. The van der Waals surface area contributed by atoms with Gasteiger partial charge in [0.15, 0.2) is 0 Å². The van der Waals surface area contributed by atoms with Gasteiger partial charge in [-0.1, -0.05) is 40.0 Å². The van der Waals surface area contributed by atoms with Crippen molar-refractivity contribution in [2.45, 2.75) is 78.4 Å². The van der Waals surface area contributed by atoms with Gasteiger partial charge in [0.05, 0.1) is 6.10 Å². The van der Waals surface area contributed by atoms with E-state index in [0.29, 0.717) is 6.04 Å². The van der Waals surface area contributed by atoms with Gasteiger partial charge in [-0.15, -0.1) is 0 Å². The van der Waals surface area contributed by atoms with E-state index < -0.39 is 0 Å². The van der Waals surface area contributed by atoms with Crippen molar-refractivity contribution in [3.63, 3.8) is 0 Å². The summed E-state index contributed by atoms with van der Waals surface area (Å²) in [6.45, 7) is 9.08. The largest absolute Gasteiger partial charge is 0.388 e. The maximum atomic E-state index is 10.3. The molecule has 0 spiro atoms. The number of fused-ring (bicyclic) bond motifs is 1. The summed E-state index contributed by atoms with van der Waals surface area (Å²) in [5.74, 6) is 0. The Morgan fingerprint density at radius 3 is 2.84 bits per heavy atom. The zero-order chi connectivity index (χ0) is 14.0. The van der Waals surface area contributed by atoms with Crippen LogP contribution < -0.4 is 0 Å². The van der Waals surface area contributed by atoms with Crippen LogP contribution in [0.1, 0.15) is 83.2 Å². The molecule has 0 amide bonds. The average Bonchev–Trinajstić information content (AvgIpc) is 2.71. The molecule has 0 radical (unpaired) electrons. The summed E-state index contributed by atoms with van der Waals surface area (Å²) in [5, 5.41) is 10.3. The first-order valence-corrected chi connectivity index (χ1v) is 7.82. The van der Waals surface area contributed by atoms with Gasteiger partial charge in [-0.3, -0.25) is 0 Å². The first-order valence-electron chi connectivity index (χ1n) is 7.82. The van der Waals surface area contributed by atoms with Crippen molar-refractivity contribution in [3.8, 4) is 0 Å². The van der Waals surface area contributed by atoms with E-state index in [-0.39, 0.29) is 11.5 Å².